The van der Waals surface area contributed by atoms with E-state index in [1.54, 1.807) is 0 Å². The average molecular weight is 392 g/mol. The third-order valence-corrected chi connectivity index (χ3v) is 6.07. The first-order chi connectivity index (χ1) is 14.0. The molecule has 2 unspecified atom stereocenters. The van der Waals surface area contributed by atoms with Crippen molar-refractivity contribution >= 4 is 5.70 Å². The monoisotopic (exact) mass is 391 g/mol. The van der Waals surface area contributed by atoms with Crippen molar-refractivity contribution in [2.45, 2.75) is 79.1 Å². The van der Waals surface area contributed by atoms with Crippen LogP contribution in [-0.4, -0.2) is 14.8 Å². The molecule has 0 saturated heterocycles. The van der Waals surface area contributed by atoms with Gasteiger partial charge in [-0.25, -0.2) is 0 Å². The number of hydrogen-bond donors (Lipinski definition) is 0. The zero-order valence-electron chi connectivity index (χ0n) is 19.0. The molecule has 1 aromatic carbocycles. The van der Waals surface area contributed by atoms with Gasteiger partial charge in [-0.15, -0.1) is 10.2 Å². The van der Waals surface area contributed by atoms with Gasteiger partial charge in [0.1, 0.15) is 5.82 Å². The van der Waals surface area contributed by atoms with Gasteiger partial charge < -0.3 is 0 Å². The SMILES string of the molecule is CCCC(C)C(c1ccccc1-c1nnc(C(C)C)n1C1=CCCC=C1)C(C)C. The maximum Gasteiger partial charge on any atom is 0.168 e. The molecule has 0 N–H and O–H groups in total. The Kier molecular flexibility index (Phi) is 7.10. The number of nitrogens with zero attached hydrogens (tertiary/aromatic N) is 3. The van der Waals surface area contributed by atoms with Crippen LogP contribution in [0.15, 0.2) is 42.5 Å². The molecule has 0 radical (unpaired) electrons. The van der Waals surface area contributed by atoms with Crippen molar-refractivity contribution in [3.63, 3.8) is 0 Å². The predicted molar refractivity (Wildman–Crippen MR) is 124 cm³/mol. The van der Waals surface area contributed by atoms with Crippen LogP contribution in [0.25, 0.3) is 17.1 Å². The molecule has 0 spiro atoms. The second kappa shape index (κ2) is 9.56. The highest BCUT2D eigenvalue weighted by molar-refractivity contribution is 5.70. The molecular formula is C26H37N3. The highest BCUT2D eigenvalue weighted by Gasteiger charge is 2.28. The van der Waals surface area contributed by atoms with E-state index < -0.39 is 0 Å². The Bertz CT molecular complexity index is 870. The van der Waals surface area contributed by atoms with E-state index in [1.165, 1.54) is 29.7 Å². The summed E-state index contributed by atoms with van der Waals surface area (Å²) in [6, 6.07) is 8.86. The molecule has 1 aliphatic carbocycles. The van der Waals surface area contributed by atoms with Crippen molar-refractivity contribution in [1.29, 1.82) is 0 Å². The molecule has 3 rings (SSSR count). The van der Waals surface area contributed by atoms with Crippen molar-refractivity contribution in [2.75, 3.05) is 0 Å². The third-order valence-electron chi connectivity index (χ3n) is 6.07. The molecule has 0 saturated carbocycles. The van der Waals surface area contributed by atoms with Crippen LogP contribution in [0.3, 0.4) is 0 Å². The molecule has 2 aromatic rings. The second-order valence-electron chi connectivity index (χ2n) is 9.10. The number of benzene rings is 1. The minimum absolute atomic E-state index is 0.319. The van der Waals surface area contributed by atoms with Gasteiger partial charge in [-0.3, -0.25) is 4.57 Å². The molecular weight excluding hydrogens is 354 g/mol. The highest BCUT2D eigenvalue weighted by Crippen LogP contribution is 2.40. The lowest BCUT2D eigenvalue weighted by Crippen LogP contribution is -2.17. The van der Waals surface area contributed by atoms with Crippen molar-refractivity contribution in [3.8, 4) is 11.4 Å². The van der Waals surface area contributed by atoms with Crippen LogP contribution in [0.4, 0.5) is 0 Å². The number of hydrogen-bond acceptors (Lipinski definition) is 2. The molecule has 0 aliphatic heterocycles. The maximum absolute atomic E-state index is 4.73. The van der Waals surface area contributed by atoms with E-state index in [1.807, 2.05) is 0 Å². The van der Waals surface area contributed by atoms with E-state index >= 15 is 0 Å². The molecule has 2 atom stereocenters. The summed E-state index contributed by atoms with van der Waals surface area (Å²) < 4.78 is 2.29. The smallest absolute Gasteiger partial charge is 0.168 e. The van der Waals surface area contributed by atoms with Crippen LogP contribution < -0.4 is 0 Å². The minimum Gasteiger partial charge on any atom is -0.279 e. The Balaban J connectivity index is 2.18. The normalized spacial score (nSPS) is 16.3. The first-order valence-corrected chi connectivity index (χ1v) is 11.4. The van der Waals surface area contributed by atoms with Crippen LogP contribution >= 0.6 is 0 Å². The summed E-state index contributed by atoms with van der Waals surface area (Å²) in [5, 5.41) is 9.36. The van der Waals surface area contributed by atoms with Gasteiger partial charge in [0.25, 0.3) is 0 Å². The lowest BCUT2D eigenvalue weighted by molar-refractivity contribution is 0.344. The van der Waals surface area contributed by atoms with E-state index in [9.17, 15) is 0 Å². The van der Waals surface area contributed by atoms with E-state index in [0.717, 1.165) is 24.5 Å². The van der Waals surface area contributed by atoms with Crippen LogP contribution in [0.2, 0.25) is 0 Å². The summed E-state index contributed by atoms with van der Waals surface area (Å²) in [6.45, 7) is 13.8. The summed E-state index contributed by atoms with van der Waals surface area (Å²) in [5.74, 6) is 4.06. The Morgan fingerprint density at radius 3 is 2.38 bits per heavy atom. The van der Waals surface area contributed by atoms with E-state index in [4.69, 9.17) is 5.10 Å². The van der Waals surface area contributed by atoms with Gasteiger partial charge in [0.2, 0.25) is 0 Å². The molecule has 0 bridgehead atoms. The minimum atomic E-state index is 0.319. The molecule has 3 nitrogen and oxygen atoms in total. The molecule has 0 fully saturated rings. The average Bonchev–Trinajstić information content (AvgIpc) is 3.14. The molecule has 1 heterocycles. The lowest BCUT2D eigenvalue weighted by Gasteiger charge is -2.30. The van der Waals surface area contributed by atoms with Crippen LogP contribution in [-0.2, 0) is 0 Å². The first kappa shape index (κ1) is 21.5. The van der Waals surface area contributed by atoms with Gasteiger partial charge in [0, 0.05) is 17.2 Å². The second-order valence-corrected chi connectivity index (χ2v) is 9.10. The third kappa shape index (κ3) is 4.55. The fraction of sp³-hybridized carbons (Fsp3) is 0.538. The summed E-state index contributed by atoms with van der Waals surface area (Å²) in [5.41, 5.74) is 3.85. The molecule has 1 aliphatic rings. The van der Waals surface area contributed by atoms with Crippen LogP contribution in [0, 0.1) is 11.8 Å². The molecule has 156 valence electrons. The van der Waals surface area contributed by atoms with Crippen molar-refractivity contribution in [2.24, 2.45) is 11.8 Å². The summed E-state index contributed by atoms with van der Waals surface area (Å²) >= 11 is 0. The number of rotatable bonds is 8. The molecule has 29 heavy (non-hydrogen) atoms. The summed E-state index contributed by atoms with van der Waals surface area (Å²) in [4.78, 5) is 0. The summed E-state index contributed by atoms with van der Waals surface area (Å²) in [6.07, 6.45) is 11.5. The van der Waals surface area contributed by atoms with Gasteiger partial charge in [-0.2, -0.15) is 0 Å². The Labute approximate surface area is 176 Å². The Hall–Kier alpha value is -2.16. The fourth-order valence-electron chi connectivity index (χ4n) is 4.81. The number of aromatic nitrogens is 3. The van der Waals surface area contributed by atoms with Crippen LogP contribution in [0.5, 0.6) is 0 Å². The zero-order valence-corrected chi connectivity index (χ0v) is 19.0. The van der Waals surface area contributed by atoms with Gasteiger partial charge in [-0.1, -0.05) is 90.8 Å². The molecule has 1 aromatic heterocycles. The quantitative estimate of drug-likeness (QED) is 0.468. The lowest BCUT2D eigenvalue weighted by atomic mass is 9.75. The maximum atomic E-state index is 4.73. The largest absolute Gasteiger partial charge is 0.279 e. The molecule has 0 amide bonds. The van der Waals surface area contributed by atoms with Gasteiger partial charge >= 0.3 is 0 Å². The molecule has 3 heteroatoms. The Morgan fingerprint density at radius 2 is 1.76 bits per heavy atom. The summed E-state index contributed by atoms with van der Waals surface area (Å²) in [7, 11) is 0. The van der Waals surface area contributed by atoms with Crippen LogP contribution in [0.1, 0.15) is 90.4 Å². The van der Waals surface area contributed by atoms with Gasteiger partial charge in [-0.05, 0) is 42.2 Å². The van der Waals surface area contributed by atoms with E-state index in [0.29, 0.717) is 23.7 Å². The van der Waals surface area contributed by atoms with Crippen molar-refractivity contribution in [1.82, 2.24) is 14.8 Å². The number of allylic oxidation sites excluding steroid dienone is 4. The van der Waals surface area contributed by atoms with Gasteiger partial charge in [0.05, 0.1) is 0 Å². The Morgan fingerprint density at radius 1 is 1.00 bits per heavy atom. The van der Waals surface area contributed by atoms with Crippen molar-refractivity contribution in [3.05, 3.63) is 53.9 Å². The predicted octanol–water partition coefficient (Wildman–Crippen LogP) is 7.44. The van der Waals surface area contributed by atoms with Crippen molar-refractivity contribution < 1.29 is 0 Å². The highest BCUT2D eigenvalue weighted by atomic mass is 15.3. The van der Waals surface area contributed by atoms with Gasteiger partial charge in [0.15, 0.2) is 5.82 Å². The standard InChI is InChI=1S/C26H37N3/c1-7-13-20(6)24(18(2)3)22-16-11-12-17-23(22)26-28-27-25(19(4)5)29(26)21-14-9-8-10-15-21/h9,11-12,14-20,24H,7-8,10,13H2,1-6H3. The fourth-order valence-corrected chi connectivity index (χ4v) is 4.81. The van der Waals surface area contributed by atoms with E-state index in [-0.39, 0.29) is 0 Å². The first-order valence-electron chi connectivity index (χ1n) is 11.4. The topological polar surface area (TPSA) is 30.7 Å². The zero-order chi connectivity index (χ0) is 21.0. The van der Waals surface area contributed by atoms with E-state index in [2.05, 4.69) is 93.7 Å².